The average Bonchev–Trinajstić information content (AvgIpc) is 3.27. The summed E-state index contributed by atoms with van der Waals surface area (Å²) in [6.07, 6.45) is 2.85. The Morgan fingerprint density at radius 2 is 2.03 bits per heavy atom. The fourth-order valence-electron chi connectivity index (χ4n) is 3.66. The van der Waals surface area contributed by atoms with E-state index in [0.29, 0.717) is 5.56 Å². The number of rotatable bonds is 6. The molecule has 2 aliphatic heterocycles. The number of hydrogen-bond acceptors (Lipinski definition) is 8. The van der Waals surface area contributed by atoms with E-state index in [4.69, 9.17) is 21.4 Å². The molecule has 0 amide bonds. The van der Waals surface area contributed by atoms with Crippen molar-refractivity contribution in [2.45, 2.75) is 18.6 Å². The number of ether oxygens (including phenoxy) is 1. The first kappa shape index (κ1) is 22.8. The van der Waals surface area contributed by atoms with Crippen LogP contribution in [0.3, 0.4) is 0 Å². The summed E-state index contributed by atoms with van der Waals surface area (Å²) in [5.41, 5.74) is -1.67. The van der Waals surface area contributed by atoms with E-state index in [9.17, 15) is 18.4 Å². The van der Waals surface area contributed by atoms with Crippen molar-refractivity contribution in [1.29, 1.82) is 0 Å². The molecule has 1 saturated heterocycles. The maximum atomic E-state index is 14.3. The van der Waals surface area contributed by atoms with Crippen LogP contribution in [0.1, 0.15) is 18.5 Å². The SMILES string of the molecule is CCOC(=O)C1=C(CN2CC(F)(C(=O)O)C2)NC(n2nccn2)=N[C@H]1c1ccc(F)cc1Cl. The Hall–Kier alpha value is -3.38. The van der Waals surface area contributed by atoms with E-state index in [1.807, 2.05) is 0 Å². The van der Waals surface area contributed by atoms with Crippen LogP contribution in [0.2, 0.25) is 5.02 Å². The Morgan fingerprint density at radius 3 is 2.64 bits per heavy atom. The van der Waals surface area contributed by atoms with E-state index in [-0.39, 0.29) is 48.5 Å². The standard InChI is InChI=1S/C20H19ClF2N6O4/c1-2-33-17(30)15-14(8-28-9-20(23,10-28)18(31)32)26-19(29-24-5-6-25-29)27-16(15)12-4-3-11(22)7-13(12)21/h3-7,16H,2,8-10H2,1H3,(H,26,27)(H,31,32)/t16-/m0/s1. The number of hydrogen-bond donors (Lipinski definition) is 2. The second-order valence-electron chi connectivity index (χ2n) is 7.49. The number of nitrogens with zero attached hydrogens (tertiary/aromatic N) is 5. The van der Waals surface area contributed by atoms with Crippen molar-refractivity contribution in [2.75, 3.05) is 26.2 Å². The van der Waals surface area contributed by atoms with Crippen molar-refractivity contribution in [3.63, 3.8) is 0 Å². The van der Waals surface area contributed by atoms with Gasteiger partial charge in [-0.2, -0.15) is 10.2 Å². The van der Waals surface area contributed by atoms with Gasteiger partial charge in [0.05, 0.1) is 24.6 Å². The molecule has 0 aliphatic carbocycles. The summed E-state index contributed by atoms with van der Waals surface area (Å²) in [7, 11) is 0. The Kier molecular flexibility index (Phi) is 6.13. The van der Waals surface area contributed by atoms with Gasteiger partial charge in [-0.15, -0.1) is 4.80 Å². The van der Waals surface area contributed by atoms with Crippen molar-refractivity contribution in [3.8, 4) is 0 Å². The summed E-state index contributed by atoms with van der Waals surface area (Å²) in [6.45, 7) is 0.975. The zero-order valence-electron chi connectivity index (χ0n) is 17.3. The number of nitrogens with one attached hydrogen (secondary N) is 1. The first-order valence-electron chi connectivity index (χ1n) is 9.93. The minimum Gasteiger partial charge on any atom is -0.479 e. The lowest BCUT2D eigenvalue weighted by Crippen LogP contribution is -2.64. The van der Waals surface area contributed by atoms with Crippen molar-refractivity contribution in [2.24, 2.45) is 4.99 Å². The summed E-state index contributed by atoms with van der Waals surface area (Å²) >= 11 is 6.28. The van der Waals surface area contributed by atoms with Crippen LogP contribution in [0.15, 0.2) is 46.9 Å². The Bertz CT molecular complexity index is 1150. The lowest BCUT2D eigenvalue weighted by molar-refractivity contribution is -0.163. The van der Waals surface area contributed by atoms with Crippen molar-refractivity contribution < 1.29 is 28.2 Å². The predicted octanol–water partition coefficient (Wildman–Crippen LogP) is 1.54. The first-order chi connectivity index (χ1) is 15.7. The molecule has 1 aromatic carbocycles. The number of carbonyl (C=O) groups excluding carboxylic acids is 1. The van der Waals surface area contributed by atoms with Gasteiger partial charge in [-0.1, -0.05) is 17.7 Å². The normalized spacial score (nSPS) is 20.0. The summed E-state index contributed by atoms with van der Waals surface area (Å²) in [5, 5.41) is 20.1. The molecule has 3 heterocycles. The third kappa shape index (κ3) is 4.44. The fourth-order valence-corrected chi connectivity index (χ4v) is 3.93. The minimum atomic E-state index is -2.36. The van der Waals surface area contributed by atoms with Gasteiger partial charge in [0.25, 0.3) is 0 Å². The number of likely N-dealkylation sites (tertiary alicyclic amines) is 1. The number of benzene rings is 1. The molecule has 1 atom stereocenters. The van der Waals surface area contributed by atoms with E-state index in [0.717, 1.165) is 6.07 Å². The number of esters is 1. The van der Waals surface area contributed by atoms with Gasteiger partial charge in [0.2, 0.25) is 11.6 Å². The summed E-state index contributed by atoms with van der Waals surface area (Å²) in [6, 6.07) is 2.68. The number of carboxylic acids is 1. The van der Waals surface area contributed by atoms with Crippen LogP contribution in [0.25, 0.3) is 0 Å². The molecule has 0 saturated carbocycles. The smallest absolute Gasteiger partial charge is 0.344 e. The van der Waals surface area contributed by atoms with Crippen LogP contribution >= 0.6 is 11.6 Å². The molecule has 10 nitrogen and oxygen atoms in total. The molecular weight excluding hydrogens is 462 g/mol. The van der Waals surface area contributed by atoms with Crippen LogP contribution in [-0.4, -0.2) is 74.8 Å². The highest BCUT2D eigenvalue weighted by Gasteiger charge is 2.51. The molecule has 33 heavy (non-hydrogen) atoms. The molecule has 174 valence electrons. The molecule has 4 rings (SSSR count). The summed E-state index contributed by atoms with van der Waals surface area (Å²) < 4.78 is 33.2. The highest BCUT2D eigenvalue weighted by atomic mass is 35.5. The van der Waals surface area contributed by atoms with Gasteiger partial charge in [0.15, 0.2) is 0 Å². The number of halogens is 3. The lowest BCUT2D eigenvalue weighted by Gasteiger charge is -2.42. The molecule has 0 bridgehead atoms. The molecule has 1 fully saturated rings. The zero-order chi connectivity index (χ0) is 23.8. The predicted molar refractivity (Wildman–Crippen MR) is 112 cm³/mol. The van der Waals surface area contributed by atoms with Gasteiger partial charge in [0.1, 0.15) is 11.9 Å². The third-order valence-electron chi connectivity index (χ3n) is 5.19. The maximum Gasteiger partial charge on any atom is 0.344 e. The Morgan fingerprint density at radius 1 is 1.33 bits per heavy atom. The molecule has 2 aliphatic rings. The Balaban J connectivity index is 1.77. The van der Waals surface area contributed by atoms with E-state index in [1.54, 1.807) is 6.92 Å². The second kappa shape index (κ2) is 8.87. The highest BCUT2D eigenvalue weighted by molar-refractivity contribution is 6.31. The van der Waals surface area contributed by atoms with E-state index in [2.05, 4.69) is 20.5 Å². The summed E-state index contributed by atoms with van der Waals surface area (Å²) in [4.78, 5) is 31.3. The number of aliphatic imine (C=N–C) groups is 1. The van der Waals surface area contributed by atoms with Crippen molar-refractivity contribution in [3.05, 3.63) is 58.3 Å². The first-order valence-corrected chi connectivity index (χ1v) is 10.3. The van der Waals surface area contributed by atoms with E-state index in [1.165, 1.54) is 34.2 Å². The van der Waals surface area contributed by atoms with Crippen LogP contribution in [0.4, 0.5) is 8.78 Å². The minimum absolute atomic E-state index is 0.0112. The number of alkyl halides is 1. The van der Waals surface area contributed by atoms with E-state index < -0.39 is 29.5 Å². The maximum absolute atomic E-state index is 14.3. The van der Waals surface area contributed by atoms with Gasteiger partial charge in [-0.05, 0) is 19.1 Å². The quantitative estimate of drug-likeness (QED) is 0.597. The lowest BCUT2D eigenvalue weighted by atomic mass is 9.93. The molecule has 0 spiro atoms. The zero-order valence-corrected chi connectivity index (χ0v) is 18.1. The van der Waals surface area contributed by atoms with Gasteiger partial charge < -0.3 is 15.2 Å². The second-order valence-corrected chi connectivity index (χ2v) is 7.90. The van der Waals surface area contributed by atoms with E-state index >= 15 is 0 Å². The van der Waals surface area contributed by atoms with Gasteiger partial charge in [-0.25, -0.2) is 23.4 Å². The van der Waals surface area contributed by atoms with Gasteiger partial charge >= 0.3 is 11.9 Å². The van der Waals surface area contributed by atoms with Gasteiger partial charge in [0, 0.05) is 35.9 Å². The molecule has 1 aromatic heterocycles. The highest BCUT2D eigenvalue weighted by Crippen LogP contribution is 2.37. The van der Waals surface area contributed by atoms with Crippen LogP contribution < -0.4 is 5.32 Å². The monoisotopic (exact) mass is 480 g/mol. The van der Waals surface area contributed by atoms with Crippen LogP contribution in [0.5, 0.6) is 0 Å². The number of aromatic nitrogens is 3. The number of aliphatic carboxylic acids is 1. The number of carboxylic acid groups (broad SMARTS) is 1. The van der Waals surface area contributed by atoms with Crippen LogP contribution in [0, 0.1) is 5.82 Å². The number of carbonyl (C=O) groups is 2. The summed E-state index contributed by atoms with van der Waals surface area (Å²) in [5.74, 6) is -2.68. The average molecular weight is 481 g/mol. The molecule has 0 unspecified atom stereocenters. The largest absolute Gasteiger partial charge is 0.479 e. The molecule has 2 N–H and O–H groups in total. The molecule has 0 radical (unpaired) electrons. The third-order valence-corrected chi connectivity index (χ3v) is 5.51. The van der Waals surface area contributed by atoms with Gasteiger partial charge in [-0.3, -0.25) is 4.90 Å². The molecular formula is C20H19ClF2N6O4. The Labute approximate surface area is 191 Å². The van der Waals surface area contributed by atoms with Crippen molar-refractivity contribution in [1.82, 2.24) is 25.2 Å². The molecule has 2 aromatic rings. The topological polar surface area (TPSA) is 122 Å². The van der Waals surface area contributed by atoms with Crippen LogP contribution in [-0.2, 0) is 14.3 Å². The molecule has 13 heteroatoms. The van der Waals surface area contributed by atoms with Crippen molar-refractivity contribution >= 4 is 29.5 Å². The fraction of sp³-hybridized carbons (Fsp3) is 0.350.